The lowest BCUT2D eigenvalue weighted by Crippen LogP contribution is -2.59. The molecule has 1 aliphatic heterocycles. The van der Waals surface area contributed by atoms with Crippen molar-refractivity contribution in [3.05, 3.63) is 63.8 Å². The number of aromatic nitrogens is 5. The molecular formula is C23H21N7O4S. The Morgan fingerprint density at radius 1 is 1.23 bits per heavy atom. The summed E-state index contributed by atoms with van der Waals surface area (Å²) in [5, 5.41) is 3.83. The summed E-state index contributed by atoms with van der Waals surface area (Å²) < 4.78 is 10.8. The van der Waals surface area contributed by atoms with Crippen LogP contribution < -0.4 is 20.4 Å². The molecule has 1 amide bonds. The fourth-order valence-electron chi connectivity index (χ4n) is 3.98. The van der Waals surface area contributed by atoms with E-state index >= 15 is 0 Å². The number of pyridine rings is 3. The Labute approximate surface area is 203 Å². The zero-order valence-corrected chi connectivity index (χ0v) is 20.0. The number of aryl methyl sites for hydroxylation is 1. The summed E-state index contributed by atoms with van der Waals surface area (Å²) >= 11 is 1.14. The maximum atomic E-state index is 13.0. The lowest BCUT2D eigenvalue weighted by atomic mass is 10.1. The molecule has 4 aromatic rings. The van der Waals surface area contributed by atoms with Gasteiger partial charge in [0.25, 0.3) is 5.91 Å². The third kappa shape index (κ3) is 4.12. The van der Waals surface area contributed by atoms with Gasteiger partial charge in [0, 0.05) is 36.9 Å². The first kappa shape index (κ1) is 22.6. The molecule has 0 aliphatic carbocycles. The molecule has 11 nitrogen and oxygen atoms in total. The molecule has 4 aromatic heterocycles. The molecule has 1 aliphatic rings. The standard InChI is InChI=1S/C23H21N7O4S/c1-12-7-17(29-8-14(9-29)26-22(33)16-5-4-6-18(27-16)34-3)28-21-19(12)20(32)15(13(2)31)10-30(21)23-24-11-25-35-23/h4-7,10-11,14H,8-9H2,1-3H3,(H,26,33). The van der Waals surface area contributed by atoms with Crippen LogP contribution in [-0.2, 0) is 0 Å². The van der Waals surface area contributed by atoms with E-state index in [0.29, 0.717) is 46.5 Å². The average Bonchev–Trinajstić information content (AvgIpc) is 3.35. The molecule has 0 unspecified atom stereocenters. The summed E-state index contributed by atoms with van der Waals surface area (Å²) in [7, 11) is 1.50. The molecule has 1 N–H and O–H groups in total. The second kappa shape index (κ2) is 8.87. The van der Waals surface area contributed by atoms with Crippen LogP contribution in [0.1, 0.15) is 33.3 Å². The van der Waals surface area contributed by atoms with Crippen molar-refractivity contribution in [1.82, 2.24) is 29.2 Å². The van der Waals surface area contributed by atoms with Gasteiger partial charge in [-0.1, -0.05) is 6.07 Å². The van der Waals surface area contributed by atoms with Crippen LogP contribution in [0.5, 0.6) is 5.88 Å². The first-order chi connectivity index (χ1) is 16.9. The zero-order chi connectivity index (χ0) is 24.7. The van der Waals surface area contributed by atoms with Crippen molar-refractivity contribution >= 4 is 40.1 Å². The van der Waals surface area contributed by atoms with Gasteiger partial charge in [-0.15, -0.1) is 0 Å². The number of ketones is 1. The van der Waals surface area contributed by atoms with Crippen LogP contribution in [0.4, 0.5) is 5.82 Å². The highest BCUT2D eigenvalue weighted by molar-refractivity contribution is 7.08. The Morgan fingerprint density at radius 2 is 2.03 bits per heavy atom. The molecule has 5 heterocycles. The molecule has 0 bridgehead atoms. The van der Waals surface area contributed by atoms with Crippen molar-refractivity contribution < 1.29 is 14.3 Å². The van der Waals surface area contributed by atoms with Gasteiger partial charge in [0.2, 0.25) is 16.4 Å². The van der Waals surface area contributed by atoms with Crippen molar-refractivity contribution in [2.45, 2.75) is 19.9 Å². The van der Waals surface area contributed by atoms with Crippen LogP contribution in [0, 0.1) is 6.92 Å². The van der Waals surface area contributed by atoms with Gasteiger partial charge in [0.05, 0.1) is 24.1 Å². The number of rotatable bonds is 6. The number of hydrogen-bond acceptors (Lipinski definition) is 10. The highest BCUT2D eigenvalue weighted by Crippen LogP contribution is 2.26. The molecule has 1 fully saturated rings. The van der Waals surface area contributed by atoms with E-state index < -0.39 is 0 Å². The molecule has 178 valence electrons. The van der Waals surface area contributed by atoms with Crippen molar-refractivity contribution in [2.24, 2.45) is 0 Å². The number of methoxy groups -OCH3 is 1. The second-order valence-electron chi connectivity index (χ2n) is 8.16. The lowest BCUT2D eigenvalue weighted by Gasteiger charge is -2.40. The van der Waals surface area contributed by atoms with Gasteiger partial charge >= 0.3 is 0 Å². The summed E-state index contributed by atoms with van der Waals surface area (Å²) in [6, 6.07) is 6.75. The van der Waals surface area contributed by atoms with Crippen LogP contribution in [0.2, 0.25) is 0 Å². The van der Waals surface area contributed by atoms with Crippen molar-refractivity contribution in [3.8, 4) is 11.0 Å². The number of carbonyl (C=O) groups excluding carboxylic acids is 2. The number of amides is 1. The zero-order valence-electron chi connectivity index (χ0n) is 19.2. The summed E-state index contributed by atoms with van der Waals surface area (Å²) in [6.45, 7) is 4.26. The lowest BCUT2D eigenvalue weighted by molar-refractivity contribution is 0.0923. The minimum atomic E-state index is -0.357. The van der Waals surface area contributed by atoms with Gasteiger partial charge in [-0.2, -0.15) is 4.37 Å². The van der Waals surface area contributed by atoms with Crippen molar-refractivity contribution in [1.29, 1.82) is 0 Å². The third-order valence-electron chi connectivity index (χ3n) is 5.78. The van der Waals surface area contributed by atoms with E-state index in [1.165, 1.54) is 26.6 Å². The summed E-state index contributed by atoms with van der Waals surface area (Å²) in [4.78, 5) is 52.9. The number of carbonyl (C=O) groups is 2. The molecule has 12 heteroatoms. The molecule has 5 rings (SSSR count). The van der Waals surface area contributed by atoms with Crippen molar-refractivity contribution in [2.75, 3.05) is 25.1 Å². The fraction of sp³-hybridized carbons (Fsp3) is 0.261. The second-order valence-corrected chi connectivity index (χ2v) is 8.92. The van der Waals surface area contributed by atoms with E-state index in [1.54, 1.807) is 22.8 Å². The normalized spacial score (nSPS) is 13.5. The number of hydrogen-bond donors (Lipinski definition) is 1. The van der Waals surface area contributed by atoms with E-state index in [9.17, 15) is 14.4 Å². The van der Waals surface area contributed by atoms with E-state index in [0.717, 1.165) is 11.5 Å². The largest absolute Gasteiger partial charge is 0.481 e. The highest BCUT2D eigenvalue weighted by Gasteiger charge is 2.31. The van der Waals surface area contributed by atoms with Gasteiger partial charge in [-0.05, 0) is 31.5 Å². The van der Waals surface area contributed by atoms with Gasteiger partial charge in [0.15, 0.2) is 11.4 Å². The quantitative estimate of drug-likeness (QED) is 0.401. The van der Waals surface area contributed by atoms with Crippen LogP contribution in [0.3, 0.4) is 0 Å². The molecular weight excluding hydrogens is 470 g/mol. The predicted octanol–water partition coefficient (Wildman–Crippen LogP) is 1.77. The molecule has 0 spiro atoms. The first-order valence-electron chi connectivity index (χ1n) is 10.8. The smallest absolute Gasteiger partial charge is 0.270 e. The SMILES string of the molecule is COc1cccc(C(=O)NC2CN(c3cc(C)c4c(=O)c(C(C)=O)cn(-c5ncns5)c4n3)C2)n1. The topological polar surface area (TPSA) is 132 Å². The summed E-state index contributed by atoms with van der Waals surface area (Å²) in [6.07, 6.45) is 2.89. The molecule has 0 aromatic carbocycles. The maximum absolute atomic E-state index is 13.0. The number of anilines is 1. The van der Waals surface area contributed by atoms with E-state index in [-0.39, 0.29) is 34.4 Å². The van der Waals surface area contributed by atoms with E-state index in [2.05, 4.69) is 19.7 Å². The van der Waals surface area contributed by atoms with Crippen LogP contribution in [0.15, 0.2) is 41.6 Å². The Kier molecular flexibility index (Phi) is 5.73. The van der Waals surface area contributed by atoms with Gasteiger partial charge in [-0.25, -0.2) is 15.0 Å². The Hall–Kier alpha value is -4.19. The van der Waals surface area contributed by atoms with E-state index in [1.807, 2.05) is 17.9 Å². The summed E-state index contributed by atoms with van der Waals surface area (Å²) in [5.74, 6) is 0.426. The number of Topliss-reactive ketones (excluding diaryl/α,β-unsaturated/α-hetero) is 1. The first-order valence-corrected chi connectivity index (χ1v) is 11.5. The Bertz CT molecular complexity index is 1510. The molecule has 0 saturated carbocycles. The predicted molar refractivity (Wildman–Crippen MR) is 130 cm³/mol. The number of nitrogens with one attached hydrogen (secondary N) is 1. The average molecular weight is 492 g/mol. The molecule has 1 saturated heterocycles. The summed E-state index contributed by atoms with van der Waals surface area (Å²) in [5.41, 5.74) is 1.10. The van der Waals surface area contributed by atoms with Crippen LogP contribution in [-0.4, -0.2) is 61.8 Å². The van der Waals surface area contributed by atoms with Gasteiger partial charge in [-0.3, -0.25) is 19.0 Å². The van der Waals surface area contributed by atoms with Gasteiger partial charge in [0.1, 0.15) is 17.8 Å². The fourth-order valence-corrected chi connectivity index (χ4v) is 4.49. The minimum absolute atomic E-state index is 0.0724. The Morgan fingerprint density at radius 3 is 2.71 bits per heavy atom. The van der Waals surface area contributed by atoms with Gasteiger partial charge < -0.3 is 15.0 Å². The van der Waals surface area contributed by atoms with Crippen LogP contribution >= 0.6 is 11.5 Å². The molecule has 35 heavy (non-hydrogen) atoms. The molecule has 0 radical (unpaired) electrons. The van der Waals surface area contributed by atoms with E-state index in [4.69, 9.17) is 9.72 Å². The molecule has 0 atom stereocenters. The number of nitrogens with zero attached hydrogens (tertiary/aromatic N) is 6. The van der Waals surface area contributed by atoms with Crippen molar-refractivity contribution in [3.63, 3.8) is 0 Å². The number of ether oxygens (including phenoxy) is 1. The van der Waals surface area contributed by atoms with Crippen LogP contribution in [0.25, 0.3) is 16.2 Å². The third-order valence-corrected chi connectivity index (χ3v) is 6.45. The highest BCUT2D eigenvalue weighted by atomic mass is 32.1. The minimum Gasteiger partial charge on any atom is -0.481 e. The monoisotopic (exact) mass is 491 g/mol. The number of fused-ring (bicyclic) bond motifs is 1. The maximum Gasteiger partial charge on any atom is 0.270 e. The Balaban J connectivity index is 1.43.